The smallest absolute Gasteiger partial charge is 0.327 e. The lowest BCUT2D eigenvalue weighted by Crippen LogP contribution is -2.54. The molecule has 114 valence electrons. The number of nitrogens with two attached hydrogens (primary N) is 1. The van der Waals surface area contributed by atoms with Crippen molar-refractivity contribution in [2.24, 2.45) is 11.7 Å². The van der Waals surface area contributed by atoms with Crippen molar-refractivity contribution >= 4 is 29.7 Å². The number of likely N-dealkylation sites (N-methyl/N-ethyl adjacent to an activating group) is 1. The molecule has 0 saturated carbocycles. The van der Waals surface area contributed by atoms with Crippen LogP contribution in [-0.2, 0) is 9.59 Å². The van der Waals surface area contributed by atoms with Gasteiger partial charge in [-0.05, 0) is 12.8 Å². The first-order valence-electron chi connectivity index (χ1n) is 6.49. The Morgan fingerprint density at radius 2 is 2.05 bits per heavy atom. The van der Waals surface area contributed by atoms with Crippen LogP contribution in [0, 0.1) is 5.92 Å². The molecule has 0 bridgehead atoms. The first kappa shape index (κ1) is 16.6. The maximum absolute atomic E-state index is 12.5. The molecular weight excluding hydrogens is 282 g/mol. The lowest BCUT2D eigenvalue weighted by molar-refractivity contribution is -0.141. The summed E-state index contributed by atoms with van der Waals surface area (Å²) in [5, 5.41) is 9.05. The van der Waals surface area contributed by atoms with Crippen molar-refractivity contribution in [1.29, 1.82) is 0 Å². The predicted molar refractivity (Wildman–Crippen MR) is 76.2 cm³/mol. The zero-order valence-electron chi connectivity index (χ0n) is 11.9. The van der Waals surface area contributed by atoms with Crippen LogP contribution in [0.2, 0.25) is 0 Å². The fourth-order valence-corrected chi connectivity index (χ4v) is 3.61. The zero-order valence-corrected chi connectivity index (χ0v) is 12.7. The van der Waals surface area contributed by atoms with Crippen LogP contribution in [0.5, 0.6) is 0 Å². The maximum atomic E-state index is 12.5. The maximum Gasteiger partial charge on any atom is 0.327 e. The number of aliphatic carboxylic acids is 1. The molecule has 1 heterocycles. The van der Waals surface area contributed by atoms with E-state index in [2.05, 4.69) is 0 Å². The standard InChI is InChI=1S/C12H21N3O4S/c1-4-14(5-9(13)16)12(19)15-8(11(17)18)6-20-10(15)7(2)3/h7-8,10H,4-6H2,1-3H3,(H2,13,16)(H,17,18). The number of rotatable bonds is 5. The topological polar surface area (TPSA) is 104 Å². The highest BCUT2D eigenvalue weighted by Crippen LogP contribution is 2.34. The van der Waals surface area contributed by atoms with E-state index in [4.69, 9.17) is 5.73 Å². The first-order valence-corrected chi connectivity index (χ1v) is 7.54. The molecule has 7 nitrogen and oxygen atoms in total. The van der Waals surface area contributed by atoms with Gasteiger partial charge in [-0.25, -0.2) is 9.59 Å². The minimum atomic E-state index is -1.02. The lowest BCUT2D eigenvalue weighted by atomic mass is 10.1. The van der Waals surface area contributed by atoms with Gasteiger partial charge in [-0.2, -0.15) is 0 Å². The van der Waals surface area contributed by atoms with Crippen molar-refractivity contribution in [1.82, 2.24) is 9.80 Å². The van der Waals surface area contributed by atoms with Crippen LogP contribution in [0.15, 0.2) is 0 Å². The largest absolute Gasteiger partial charge is 0.480 e. The summed E-state index contributed by atoms with van der Waals surface area (Å²) < 4.78 is 0. The van der Waals surface area contributed by atoms with E-state index >= 15 is 0 Å². The molecule has 0 radical (unpaired) electrons. The highest BCUT2D eigenvalue weighted by atomic mass is 32.2. The van der Waals surface area contributed by atoms with Gasteiger partial charge in [0.05, 0.1) is 5.37 Å². The van der Waals surface area contributed by atoms with Crippen LogP contribution in [0.4, 0.5) is 4.79 Å². The Bertz CT molecular complexity index is 402. The molecule has 3 N–H and O–H groups in total. The molecule has 0 aromatic heterocycles. The molecule has 1 aliphatic heterocycles. The Hall–Kier alpha value is -1.44. The molecule has 8 heteroatoms. The van der Waals surface area contributed by atoms with Crippen LogP contribution in [0.1, 0.15) is 20.8 Å². The highest BCUT2D eigenvalue weighted by Gasteiger charge is 2.44. The molecule has 0 spiro atoms. The second kappa shape index (κ2) is 6.83. The fraction of sp³-hybridized carbons (Fsp3) is 0.750. The molecule has 0 aromatic carbocycles. The number of carbonyl (C=O) groups excluding carboxylic acids is 2. The zero-order chi connectivity index (χ0) is 15.4. The summed E-state index contributed by atoms with van der Waals surface area (Å²) in [5.74, 6) is -1.15. The van der Waals surface area contributed by atoms with Gasteiger partial charge in [-0.3, -0.25) is 9.69 Å². The van der Waals surface area contributed by atoms with Gasteiger partial charge in [0.25, 0.3) is 0 Å². The average Bonchev–Trinajstić information content (AvgIpc) is 2.79. The second-order valence-electron chi connectivity index (χ2n) is 4.99. The molecule has 1 rings (SSSR count). The monoisotopic (exact) mass is 303 g/mol. The molecule has 0 aromatic rings. The molecule has 3 amide bonds. The molecule has 20 heavy (non-hydrogen) atoms. The van der Waals surface area contributed by atoms with E-state index in [-0.39, 0.29) is 17.8 Å². The number of urea groups is 1. The molecule has 2 unspecified atom stereocenters. The van der Waals surface area contributed by atoms with Crippen molar-refractivity contribution in [3.63, 3.8) is 0 Å². The van der Waals surface area contributed by atoms with Crippen LogP contribution in [0.25, 0.3) is 0 Å². The van der Waals surface area contributed by atoms with Crippen molar-refractivity contribution < 1.29 is 19.5 Å². The van der Waals surface area contributed by atoms with Crippen molar-refractivity contribution in [2.45, 2.75) is 32.2 Å². The van der Waals surface area contributed by atoms with E-state index in [1.165, 1.54) is 21.6 Å². The van der Waals surface area contributed by atoms with E-state index in [9.17, 15) is 19.5 Å². The number of carbonyl (C=O) groups is 3. The van der Waals surface area contributed by atoms with E-state index in [1.807, 2.05) is 13.8 Å². The van der Waals surface area contributed by atoms with Gasteiger partial charge in [0.1, 0.15) is 12.6 Å². The molecule has 1 saturated heterocycles. The number of carboxylic acid groups (broad SMARTS) is 1. The number of hydrogen-bond acceptors (Lipinski definition) is 4. The third kappa shape index (κ3) is 3.56. The lowest BCUT2D eigenvalue weighted by Gasteiger charge is -2.34. The molecular formula is C12H21N3O4S. The van der Waals surface area contributed by atoms with Gasteiger partial charge in [-0.1, -0.05) is 13.8 Å². The van der Waals surface area contributed by atoms with Crippen LogP contribution < -0.4 is 5.73 Å². The summed E-state index contributed by atoms with van der Waals surface area (Å²) in [6.07, 6.45) is 0. The van der Waals surface area contributed by atoms with Crippen LogP contribution in [-0.4, -0.2) is 63.1 Å². The van der Waals surface area contributed by atoms with Gasteiger partial charge in [0, 0.05) is 12.3 Å². The van der Waals surface area contributed by atoms with Crippen molar-refractivity contribution in [2.75, 3.05) is 18.8 Å². The van der Waals surface area contributed by atoms with Crippen molar-refractivity contribution in [3.8, 4) is 0 Å². The third-order valence-electron chi connectivity index (χ3n) is 3.11. The Morgan fingerprint density at radius 1 is 1.45 bits per heavy atom. The second-order valence-corrected chi connectivity index (χ2v) is 6.14. The van der Waals surface area contributed by atoms with E-state index in [1.54, 1.807) is 6.92 Å². The van der Waals surface area contributed by atoms with Crippen LogP contribution in [0.3, 0.4) is 0 Å². The van der Waals surface area contributed by atoms with E-state index in [0.717, 1.165) is 0 Å². The summed E-state index contributed by atoms with van der Waals surface area (Å²) in [6, 6.07) is -1.30. The Labute approximate surface area is 122 Å². The number of carboxylic acids is 1. The Morgan fingerprint density at radius 3 is 2.45 bits per heavy atom. The number of primary amides is 1. The summed E-state index contributed by atoms with van der Waals surface area (Å²) >= 11 is 1.45. The van der Waals surface area contributed by atoms with E-state index in [0.29, 0.717) is 12.3 Å². The quantitative estimate of drug-likeness (QED) is 0.765. The molecule has 1 aliphatic rings. The summed E-state index contributed by atoms with van der Waals surface area (Å²) in [6.45, 7) is 5.71. The van der Waals surface area contributed by atoms with Gasteiger partial charge >= 0.3 is 12.0 Å². The van der Waals surface area contributed by atoms with Gasteiger partial charge in [0.2, 0.25) is 5.91 Å². The summed E-state index contributed by atoms with van der Waals surface area (Å²) in [5.41, 5.74) is 5.12. The minimum Gasteiger partial charge on any atom is -0.480 e. The Kier molecular flexibility index (Phi) is 5.67. The average molecular weight is 303 g/mol. The molecule has 0 aliphatic carbocycles. The SMILES string of the molecule is CCN(CC(N)=O)C(=O)N1C(C(=O)O)CSC1C(C)C. The normalized spacial score (nSPS) is 22.1. The number of hydrogen-bond donors (Lipinski definition) is 2. The van der Waals surface area contributed by atoms with Gasteiger partial charge in [-0.15, -0.1) is 11.8 Å². The van der Waals surface area contributed by atoms with E-state index < -0.39 is 23.9 Å². The fourth-order valence-electron chi connectivity index (χ4n) is 2.14. The van der Waals surface area contributed by atoms with Crippen molar-refractivity contribution in [3.05, 3.63) is 0 Å². The highest BCUT2D eigenvalue weighted by molar-refractivity contribution is 8.00. The summed E-state index contributed by atoms with van der Waals surface area (Å²) in [7, 11) is 0. The minimum absolute atomic E-state index is 0.126. The molecule has 2 atom stereocenters. The van der Waals surface area contributed by atoms with Crippen LogP contribution >= 0.6 is 11.8 Å². The Balaban J connectivity index is 2.98. The number of nitrogens with zero attached hydrogens (tertiary/aromatic N) is 2. The third-order valence-corrected chi connectivity index (χ3v) is 4.73. The first-order chi connectivity index (χ1) is 9.29. The number of amides is 3. The predicted octanol–water partition coefficient (Wildman–Crippen LogP) is 0.398. The molecule has 1 fully saturated rings. The summed E-state index contributed by atoms with van der Waals surface area (Å²) in [4.78, 5) is 37.5. The number of thioether (sulfide) groups is 1. The van der Waals surface area contributed by atoms with Gasteiger partial charge < -0.3 is 15.7 Å². The van der Waals surface area contributed by atoms with Gasteiger partial charge in [0.15, 0.2) is 0 Å².